The lowest BCUT2D eigenvalue weighted by Crippen LogP contribution is -2.40. The predicted octanol–water partition coefficient (Wildman–Crippen LogP) is 4.29. The van der Waals surface area contributed by atoms with Gasteiger partial charge in [0.25, 0.3) is 5.91 Å². The zero-order chi connectivity index (χ0) is 25.9. The molecule has 1 N–H and O–H groups in total. The van der Waals surface area contributed by atoms with Gasteiger partial charge in [0, 0.05) is 56.1 Å². The van der Waals surface area contributed by atoms with E-state index >= 15 is 0 Å². The molecule has 0 radical (unpaired) electrons. The van der Waals surface area contributed by atoms with Gasteiger partial charge in [-0.2, -0.15) is 0 Å². The van der Waals surface area contributed by atoms with Gasteiger partial charge in [-0.1, -0.05) is 0 Å². The van der Waals surface area contributed by atoms with Crippen molar-refractivity contribution in [3.63, 3.8) is 0 Å². The van der Waals surface area contributed by atoms with Crippen LogP contribution in [0.1, 0.15) is 35.8 Å². The van der Waals surface area contributed by atoms with Gasteiger partial charge in [-0.25, -0.2) is 13.4 Å². The normalized spacial score (nSPS) is 14.4. The number of thiazole rings is 1. The van der Waals surface area contributed by atoms with Gasteiger partial charge in [0.2, 0.25) is 5.91 Å². The summed E-state index contributed by atoms with van der Waals surface area (Å²) < 4.78 is 35.6. The molecule has 0 unspecified atom stereocenters. The number of hydrogen-bond donors (Lipinski definition) is 1. The molecular formula is C25H27N3O6S2. The first-order chi connectivity index (χ1) is 17.1. The van der Waals surface area contributed by atoms with Crippen molar-refractivity contribution >= 4 is 38.1 Å². The van der Waals surface area contributed by atoms with E-state index < -0.39 is 9.84 Å². The maximum atomic E-state index is 13.0. The molecule has 0 spiro atoms. The third-order valence-corrected chi connectivity index (χ3v) is 7.66. The molecule has 4 rings (SSSR count). The van der Waals surface area contributed by atoms with Crippen LogP contribution < -0.4 is 14.8 Å². The summed E-state index contributed by atoms with van der Waals surface area (Å²) >= 11 is 1.33. The number of piperidine rings is 1. The summed E-state index contributed by atoms with van der Waals surface area (Å²) in [4.78, 5) is 30.8. The molecule has 1 fully saturated rings. The molecule has 36 heavy (non-hydrogen) atoms. The third-order valence-electron chi connectivity index (χ3n) is 5.66. The molecular weight excluding hydrogens is 502 g/mol. The lowest BCUT2D eigenvalue weighted by atomic mass is 10.1. The number of carbonyl (C=O) groups is 2. The molecule has 0 saturated carbocycles. The van der Waals surface area contributed by atoms with Crippen LogP contribution >= 0.6 is 11.3 Å². The van der Waals surface area contributed by atoms with Gasteiger partial charge in [-0.05, 0) is 43.3 Å². The fraction of sp³-hybridized carbons (Fsp3) is 0.320. The molecule has 190 valence electrons. The lowest BCUT2D eigenvalue weighted by Gasteiger charge is -2.31. The van der Waals surface area contributed by atoms with Crippen LogP contribution in [0.3, 0.4) is 0 Å². The standard InChI is InChI=1S/C25H27N3O6S2/c1-16-15-35-25(26-16)27-24(30)18-12-21(33-19-4-6-23(7-5-19)36(3,31)32)14-22(13-18)34-20-8-10-28(11-9-20)17(2)29/h4-7,12-15,20H,8-11H2,1-3H3,(H,26,27,30). The van der Waals surface area contributed by atoms with Gasteiger partial charge < -0.3 is 14.4 Å². The maximum absolute atomic E-state index is 13.0. The van der Waals surface area contributed by atoms with Crippen molar-refractivity contribution < 1.29 is 27.5 Å². The molecule has 2 aromatic carbocycles. The first-order valence-corrected chi connectivity index (χ1v) is 14.1. The van der Waals surface area contributed by atoms with Crippen molar-refractivity contribution in [1.82, 2.24) is 9.88 Å². The second-order valence-corrected chi connectivity index (χ2v) is 11.5. The van der Waals surface area contributed by atoms with Crippen LogP contribution in [0.25, 0.3) is 0 Å². The van der Waals surface area contributed by atoms with E-state index in [1.165, 1.54) is 23.5 Å². The minimum Gasteiger partial charge on any atom is -0.490 e. The summed E-state index contributed by atoms with van der Waals surface area (Å²) in [5.41, 5.74) is 1.13. The Morgan fingerprint density at radius 2 is 1.72 bits per heavy atom. The topological polar surface area (TPSA) is 115 Å². The first-order valence-electron chi connectivity index (χ1n) is 11.4. The number of nitrogens with zero attached hydrogens (tertiary/aromatic N) is 2. The van der Waals surface area contributed by atoms with Gasteiger partial charge >= 0.3 is 0 Å². The van der Waals surface area contributed by atoms with Gasteiger partial charge in [0.15, 0.2) is 15.0 Å². The molecule has 3 aromatic rings. The monoisotopic (exact) mass is 529 g/mol. The van der Waals surface area contributed by atoms with Crippen LogP contribution in [-0.4, -0.2) is 55.6 Å². The Balaban J connectivity index is 1.56. The fourth-order valence-electron chi connectivity index (χ4n) is 3.78. The van der Waals surface area contributed by atoms with Gasteiger partial charge in [-0.3, -0.25) is 14.9 Å². The maximum Gasteiger partial charge on any atom is 0.257 e. The number of likely N-dealkylation sites (tertiary alicyclic amines) is 1. The van der Waals surface area contributed by atoms with E-state index in [0.29, 0.717) is 53.9 Å². The minimum atomic E-state index is -3.33. The molecule has 2 heterocycles. The van der Waals surface area contributed by atoms with E-state index in [1.54, 1.807) is 42.2 Å². The number of rotatable bonds is 7. The Hall–Kier alpha value is -3.44. The van der Waals surface area contributed by atoms with Crippen LogP contribution in [0.5, 0.6) is 17.2 Å². The van der Waals surface area contributed by atoms with Gasteiger partial charge in [0.05, 0.1) is 10.6 Å². The quantitative estimate of drug-likeness (QED) is 0.486. The molecule has 0 aliphatic carbocycles. The molecule has 0 bridgehead atoms. The second-order valence-electron chi connectivity index (χ2n) is 8.61. The van der Waals surface area contributed by atoms with Crippen LogP contribution in [0.15, 0.2) is 52.7 Å². The first kappa shape index (κ1) is 25.6. The average molecular weight is 530 g/mol. The summed E-state index contributed by atoms with van der Waals surface area (Å²) in [6.45, 7) is 4.62. The molecule has 0 atom stereocenters. The second kappa shape index (κ2) is 10.7. The number of hydrogen-bond acceptors (Lipinski definition) is 8. The Labute approximate surface area is 214 Å². The Morgan fingerprint density at radius 1 is 1.06 bits per heavy atom. The average Bonchev–Trinajstić information content (AvgIpc) is 3.23. The molecule has 1 aromatic heterocycles. The number of sulfone groups is 1. The number of anilines is 1. The van der Waals surface area contributed by atoms with Crippen molar-refractivity contribution in [3.8, 4) is 17.2 Å². The van der Waals surface area contributed by atoms with Gasteiger partial charge in [0.1, 0.15) is 23.4 Å². The van der Waals surface area contributed by atoms with E-state index in [0.717, 1.165) is 11.9 Å². The number of aryl methyl sites for hydroxylation is 1. The van der Waals surface area contributed by atoms with E-state index in [9.17, 15) is 18.0 Å². The SMILES string of the molecule is CC(=O)N1CCC(Oc2cc(Oc3ccc(S(C)(=O)=O)cc3)cc(C(=O)Nc3nc(C)cs3)c2)CC1. The number of benzene rings is 2. The van der Waals surface area contributed by atoms with Crippen molar-refractivity contribution in [1.29, 1.82) is 0 Å². The number of carbonyl (C=O) groups excluding carboxylic acids is 2. The highest BCUT2D eigenvalue weighted by Crippen LogP contribution is 2.30. The van der Waals surface area contributed by atoms with Crippen LogP contribution in [0, 0.1) is 6.92 Å². The smallest absolute Gasteiger partial charge is 0.257 e. The van der Waals surface area contributed by atoms with Crippen LogP contribution in [0.2, 0.25) is 0 Å². The minimum absolute atomic E-state index is 0.0436. The highest BCUT2D eigenvalue weighted by molar-refractivity contribution is 7.90. The molecule has 11 heteroatoms. The van der Waals surface area contributed by atoms with E-state index in [1.807, 2.05) is 12.3 Å². The Kier molecular flexibility index (Phi) is 7.60. The van der Waals surface area contributed by atoms with Gasteiger partial charge in [-0.15, -0.1) is 11.3 Å². The fourth-order valence-corrected chi connectivity index (χ4v) is 5.10. The van der Waals surface area contributed by atoms with E-state index in [4.69, 9.17) is 9.47 Å². The summed E-state index contributed by atoms with van der Waals surface area (Å²) in [5, 5.41) is 5.12. The molecule has 1 aliphatic heterocycles. The zero-order valence-electron chi connectivity index (χ0n) is 20.2. The predicted molar refractivity (Wildman–Crippen MR) is 137 cm³/mol. The molecule has 2 amide bonds. The van der Waals surface area contributed by atoms with E-state index in [-0.39, 0.29) is 22.8 Å². The number of amides is 2. The third kappa shape index (κ3) is 6.61. The van der Waals surface area contributed by atoms with E-state index in [2.05, 4.69) is 10.3 Å². The summed E-state index contributed by atoms with van der Waals surface area (Å²) in [7, 11) is -3.33. The Morgan fingerprint density at radius 3 is 2.31 bits per heavy atom. The largest absolute Gasteiger partial charge is 0.490 e. The van der Waals surface area contributed by atoms with Crippen LogP contribution in [0.4, 0.5) is 5.13 Å². The van der Waals surface area contributed by atoms with Crippen molar-refractivity contribution in [2.24, 2.45) is 0 Å². The number of nitrogens with one attached hydrogen (secondary N) is 1. The van der Waals surface area contributed by atoms with Crippen LogP contribution in [-0.2, 0) is 14.6 Å². The van der Waals surface area contributed by atoms with Crippen molar-refractivity contribution in [2.45, 2.75) is 37.7 Å². The highest BCUT2D eigenvalue weighted by atomic mass is 32.2. The highest BCUT2D eigenvalue weighted by Gasteiger charge is 2.23. The number of ether oxygens (including phenoxy) is 2. The number of aromatic nitrogens is 1. The van der Waals surface area contributed by atoms with Crippen molar-refractivity contribution in [2.75, 3.05) is 24.7 Å². The summed E-state index contributed by atoms with van der Waals surface area (Å²) in [6, 6.07) is 11.0. The summed E-state index contributed by atoms with van der Waals surface area (Å²) in [6.07, 6.45) is 2.39. The lowest BCUT2D eigenvalue weighted by molar-refractivity contribution is -0.130. The molecule has 1 aliphatic rings. The zero-order valence-corrected chi connectivity index (χ0v) is 21.8. The summed E-state index contributed by atoms with van der Waals surface area (Å²) in [5.74, 6) is 0.917. The molecule has 9 nitrogen and oxygen atoms in total. The Bertz CT molecular complexity index is 1360. The molecule has 1 saturated heterocycles. The van der Waals surface area contributed by atoms with Crippen molar-refractivity contribution in [3.05, 3.63) is 59.1 Å².